The molecule has 2 rings (SSSR count). The summed E-state index contributed by atoms with van der Waals surface area (Å²) in [6, 6.07) is 7.38. The summed E-state index contributed by atoms with van der Waals surface area (Å²) in [5.74, 6) is -0.314. The number of hydrogen-bond donors (Lipinski definition) is 1. The second-order valence-corrected chi connectivity index (χ2v) is 4.98. The van der Waals surface area contributed by atoms with Crippen LogP contribution in [0.4, 0.5) is 0 Å². The quantitative estimate of drug-likeness (QED) is 0.797. The van der Waals surface area contributed by atoms with Crippen molar-refractivity contribution >= 4 is 5.97 Å². The van der Waals surface area contributed by atoms with E-state index >= 15 is 0 Å². The van der Waals surface area contributed by atoms with Crippen molar-refractivity contribution in [3.05, 3.63) is 35.4 Å². The van der Waals surface area contributed by atoms with Gasteiger partial charge in [-0.3, -0.25) is 0 Å². The van der Waals surface area contributed by atoms with Gasteiger partial charge in [-0.2, -0.15) is 0 Å². The van der Waals surface area contributed by atoms with E-state index in [0.717, 1.165) is 31.7 Å². The van der Waals surface area contributed by atoms with Crippen molar-refractivity contribution in [2.45, 2.75) is 18.6 Å². The monoisotopic (exact) mass is 279 g/mol. The molecular weight excluding hydrogens is 258 g/mol. The maximum atomic E-state index is 11.3. The summed E-state index contributed by atoms with van der Waals surface area (Å²) >= 11 is 0. The molecule has 1 unspecified atom stereocenters. The molecule has 1 aromatic carbocycles. The van der Waals surface area contributed by atoms with Crippen LogP contribution >= 0.6 is 0 Å². The van der Waals surface area contributed by atoms with Crippen molar-refractivity contribution < 1.29 is 19.0 Å². The third-order valence-corrected chi connectivity index (χ3v) is 3.65. The number of carbonyl (C=O) groups is 1. The van der Waals surface area contributed by atoms with Crippen molar-refractivity contribution in [3.8, 4) is 0 Å². The van der Waals surface area contributed by atoms with Crippen LogP contribution in [0, 0.1) is 0 Å². The Balaban J connectivity index is 1.83. The molecule has 0 bridgehead atoms. The molecule has 5 nitrogen and oxygen atoms in total. The molecule has 20 heavy (non-hydrogen) atoms. The van der Waals surface area contributed by atoms with E-state index in [9.17, 15) is 4.79 Å². The zero-order valence-corrected chi connectivity index (χ0v) is 12.0. The molecule has 1 aliphatic rings. The van der Waals surface area contributed by atoms with E-state index in [1.54, 1.807) is 19.2 Å². The molecule has 0 aliphatic carbocycles. The number of benzene rings is 1. The lowest BCUT2D eigenvalue weighted by Crippen LogP contribution is -2.42. The number of methoxy groups -OCH3 is 2. The van der Waals surface area contributed by atoms with Gasteiger partial charge in [-0.15, -0.1) is 0 Å². The Morgan fingerprint density at radius 2 is 2.10 bits per heavy atom. The van der Waals surface area contributed by atoms with Gasteiger partial charge in [0.1, 0.15) is 5.60 Å². The first kappa shape index (κ1) is 15.0. The fourth-order valence-corrected chi connectivity index (χ4v) is 2.27. The highest BCUT2D eigenvalue weighted by molar-refractivity contribution is 5.89. The van der Waals surface area contributed by atoms with Crippen LogP contribution in [0.2, 0.25) is 0 Å². The molecule has 1 heterocycles. The summed E-state index contributed by atoms with van der Waals surface area (Å²) in [6.45, 7) is 2.87. The number of carbonyl (C=O) groups excluding carboxylic acids is 1. The second-order valence-electron chi connectivity index (χ2n) is 4.98. The lowest BCUT2D eigenvalue weighted by molar-refractivity contribution is -0.0159. The Morgan fingerprint density at radius 1 is 1.35 bits per heavy atom. The van der Waals surface area contributed by atoms with Crippen LogP contribution in [-0.4, -0.2) is 45.5 Å². The van der Waals surface area contributed by atoms with Crippen LogP contribution in [0.3, 0.4) is 0 Å². The number of rotatable bonds is 6. The fourth-order valence-electron chi connectivity index (χ4n) is 2.27. The third-order valence-electron chi connectivity index (χ3n) is 3.65. The largest absolute Gasteiger partial charge is 0.465 e. The normalized spacial score (nSPS) is 21.9. The molecule has 1 aromatic rings. The van der Waals surface area contributed by atoms with Gasteiger partial charge in [0.2, 0.25) is 0 Å². The van der Waals surface area contributed by atoms with Gasteiger partial charge in [0.05, 0.1) is 19.3 Å². The average molecular weight is 279 g/mol. The van der Waals surface area contributed by atoms with Crippen molar-refractivity contribution in [2.75, 3.05) is 34.0 Å². The van der Waals surface area contributed by atoms with Gasteiger partial charge in [0, 0.05) is 33.2 Å². The third kappa shape index (κ3) is 3.56. The standard InChI is InChI=1S/C15H21NO4/c1-18-14(17)13-5-3-12(4-6-13)9-16-10-15(19-2)7-8-20-11-15/h3-6,16H,7-11H2,1-2H3. The molecule has 5 heteroatoms. The zero-order chi connectivity index (χ0) is 14.4. The molecule has 0 amide bonds. The highest BCUT2D eigenvalue weighted by atomic mass is 16.5. The van der Waals surface area contributed by atoms with Crippen molar-refractivity contribution in [1.82, 2.24) is 5.32 Å². The summed E-state index contributed by atoms with van der Waals surface area (Å²) in [5, 5.41) is 3.38. The van der Waals surface area contributed by atoms with Crippen LogP contribution in [0.1, 0.15) is 22.3 Å². The minimum absolute atomic E-state index is 0.202. The van der Waals surface area contributed by atoms with Gasteiger partial charge in [-0.25, -0.2) is 4.79 Å². The van der Waals surface area contributed by atoms with E-state index in [2.05, 4.69) is 10.1 Å². The minimum atomic E-state index is -0.314. The molecule has 1 fully saturated rings. The lowest BCUT2D eigenvalue weighted by Gasteiger charge is -2.26. The maximum Gasteiger partial charge on any atom is 0.337 e. The molecule has 1 N–H and O–H groups in total. The van der Waals surface area contributed by atoms with E-state index in [1.807, 2.05) is 12.1 Å². The van der Waals surface area contributed by atoms with Crippen LogP contribution in [-0.2, 0) is 20.8 Å². The number of ether oxygens (including phenoxy) is 3. The average Bonchev–Trinajstić information content (AvgIpc) is 2.96. The highest BCUT2D eigenvalue weighted by Gasteiger charge is 2.34. The van der Waals surface area contributed by atoms with Crippen LogP contribution in [0.15, 0.2) is 24.3 Å². The summed E-state index contributed by atoms with van der Waals surface area (Å²) in [6.07, 6.45) is 0.914. The first-order chi connectivity index (χ1) is 9.69. The molecule has 1 aliphatic heterocycles. The van der Waals surface area contributed by atoms with Gasteiger partial charge in [-0.1, -0.05) is 12.1 Å². The zero-order valence-electron chi connectivity index (χ0n) is 12.0. The summed E-state index contributed by atoms with van der Waals surface area (Å²) in [4.78, 5) is 11.3. The minimum Gasteiger partial charge on any atom is -0.465 e. The predicted molar refractivity (Wildman–Crippen MR) is 74.7 cm³/mol. The van der Waals surface area contributed by atoms with E-state index < -0.39 is 0 Å². The van der Waals surface area contributed by atoms with Crippen molar-refractivity contribution in [1.29, 1.82) is 0 Å². The first-order valence-electron chi connectivity index (χ1n) is 6.70. The van der Waals surface area contributed by atoms with Gasteiger partial charge < -0.3 is 19.5 Å². The van der Waals surface area contributed by atoms with Crippen molar-refractivity contribution in [2.24, 2.45) is 0 Å². The Kier molecular flexibility index (Phi) is 5.11. The van der Waals surface area contributed by atoms with Crippen molar-refractivity contribution in [3.63, 3.8) is 0 Å². The number of hydrogen-bond acceptors (Lipinski definition) is 5. The molecule has 0 radical (unpaired) electrons. The topological polar surface area (TPSA) is 56.8 Å². The van der Waals surface area contributed by atoms with Crippen LogP contribution in [0.5, 0.6) is 0 Å². The van der Waals surface area contributed by atoms with Crippen LogP contribution < -0.4 is 5.32 Å². The molecule has 1 atom stereocenters. The van der Waals surface area contributed by atoms with Gasteiger partial charge in [0.25, 0.3) is 0 Å². The van der Waals surface area contributed by atoms with E-state index in [0.29, 0.717) is 12.2 Å². The Morgan fingerprint density at radius 3 is 2.65 bits per heavy atom. The summed E-state index contributed by atoms with van der Waals surface area (Å²) < 4.78 is 15.6. The van der Waals surface area contributed by atoms with Crippen LogP contribution in [0.25, 0.3) is 0 Å². The fraction of sp³-hybridized carbons (Fsp3) is 0.533. The molecule has 110 valence electrons. The Hall–Kier alpha value is -1.43. The molecular formula is C15H21NO4. The number of nitrogens with one attached hydrogen (secondary N) is 1. The molecule has 0 saturated carbocycles. The second kappa shape index (κ2) is 6.83. The van der Waals surface area contributed by atoms with Gasteiger partial charge >= 0.3 is 5.97 Å². The van der Waals surface area contributed by atoms with E-state index in [1.165, 1.54) is 7.11 Å². The summed E-state index contributed by atoms with van der Waals surface area (Å²) in [5.41, 5.74) is 1.48. The smallest absolute Gasteiger partial charge is 0.337 e. The predicted octanol–water partition coefficient (Wildman–Crippen LogP) is 1.37. The van der Waals surface area contributed by atoms with E-state index in [4.69, 9.17) is 9.47 Å². The molecule has 1 saturated heterocycles. The Bertz CT molecular complexity index is 438. The molecule has 0 spiro atoms. The maximum absolute atomic E-state index is 11.3. The van der Waals surface area contributed by atoms with E-state index in [-0.39, 0.29) is 11.6 Å². The SMILES string of the molecule is COC(=O)c1ccc(CNCC2(OC)CCOC2)cc1. The molecule has 0 aromatic heterocycles. The Labute approximate surface area is 119 Å². The number of esters is 1. The van der Waals surface area contributed by atoms with Gasteiger partial charge in [-0.05, 0) is 17.7 Å². The summed E-state index contributed by atoms with van der Waals surface area (Å²) in [7, 11) is 3.10. The lowest BCUT2D eigenvalue weighted by atomic mass is 10.0. The first-order valence-corrected chi connectivity index (χ1v) is 6.70. The highest BCUT2D eigenvalue weighted by Crippen LogP contribution is 2.21. The van der Waals surface area contributed by atoms with Gasteiger partial charge in [0.15, 0.2) is 0 Å².